The van der Waals surface area contributed by atoms with Crippen molar-refractivity contribution in [3.8, 4) is 0 Å². The molecule has 1 N–H and O–H groups in total. The van der Waals surface area contributed by atoms with E-state index in [1.165, 1.54) is 6.20 Å². The lowest BCUT2D eigenvalue weighted by Crippen LogP contribution is -2.29. The van der Waals surface area contributed by atoms with Crippen molar-refractivity contribution in [1.82, 2.24) is 15.5 Å². The highest BCUT2D eigenvalue weighted by molar-refractivity contribution is 5.97. The van der Waals surface area contributed by atoms with Gasteiger partial charge in [-0.25, -0.2) is 4.98 Å². The molecular weight excluding hydrogens is 366 g/mol. The highest BCUT2D eigenvalue weighted by Crippen LogP contribution is 2.29. The van der Waals surface area contributed by atoms with E-state index in [0.29, 0.717) is 22.7 Å². The summed E-state index contributed by atoms with van der Waals surface area (Å²) in [6, 6.07) is 20.8. The zero-order valence-corrected chi connectivity index (χ0v) is 15.6. The fourth-order valence-electron chi connectivity index (χ4n) is 3.39. The minimum Gasteiger partial charge on any atom is -0.459 e. The number of carbonyl (C=O) groups is 1. The molecule has 1 atom stereocenters. The van der Waals surface area contributed by atoms with Crippen LogP contribution >= 0.6 is 0 Å². The summed E-state index contributed by atoms with van der Waals surface area (Å²) in [5, 5.41) is 8.68. The second-order valence-electron chi connectivity index (χ2n) is 6.85. The Kier molecular flexibility index (Phi) is 4.09. The summed E-state index contributed by atoms with van der Waals surface area (Å²) in [6.07, 6.45) is 1.49. The van der Waals surface area contributed by atoms with Gasteiger partial charge >= 0.3 is 0 Å². The fourth-order valence-corrected chi connectivity index (χ4v) is 3.39. The topological polar surface area (TPSA) is 81.2 Å². The van der Waals surface area contributed by atoms with Crippen molar-refractivity contribution < 1.29 is 13.7 Å². The highest BCUT2D eigenvalue weighted by Gasteiger charge is 2.22. The quantitative estimate of drug-likeness (QED) is 0.482. The second-order valence-corrected chi connectivity index (χ2v) is 6.85. The molecular formula is C23H17N3O3. The number of rotatable bonds is 4. The van der Waals surface area contributed by atoms with Crippen molar-refractivity contribution in [2.75, 3.05) is 0 Å². The molecule has 0 aliphatic heterocycles. The smallest absolute Gasteiger partial charge is 0.257 e. The van der Waals surface area contributed by atoms with Crippen LogP contribution in [0.1, 0.15) is 33.4 Å². The Bertz CT molecular complexity index is 1290. The molecule has 29 heavy (non-hydrogen) atoms. The van der Waals surface area contributed by atoms with Crippen LogP contribution in [0, 0.1) is 6.92 Å². The van der Waals surface area contributed by atoms with Crippen molar-refractivity contribution in [3.63, 3.8) is 0 Å². The van der Waals surface area contributed by atoms with Crippen LogP contribution in [0.4, 0.5) is 0 Å². The van der Waals surface area contributed by atoms with E-state index in [1.54, 1.807) is 6.07 Å². The minimum absolute atomic E-state index is 0.255. The number of hydrogen-bond donors (Lipinski definition) is 1. The monoisotopic (exact) mass is 383 g/mol. The molecule has 0 fully saturated rings. The predicted molar refractivity (Wildman–Crippen MR) is 109 cm³/mol. The van der Waals surface area contributed by atoms with Crippen LogP contribution in [-0.2, 0) is 0 Å². The first-order valence-electron chi connectivity index (χ1n) is 9.25. The third kappa shape index (κ3) is 3.14. The lowest BCUT2D eigenvalue weighted by atomic mass is 10.0. The van der Waals surface area contributed by atoms with Crippen LogP contribution in [-0.4, -0.2) is 16.0 Å². The number of aryl methyl sites for hydroxylation is 1. The van der Waals surface area contributed by atoms with Crippen molar-refractivity contribution in [3.05, 3.63) is 95.5 Å². The number of carbonyl (C=O) groups excluding carboxylic acids is 1. The SMILES string of the molecule is Cc1noc2ncc(C(=O)N[C@H](c3ccccc3)c3cc4ccccc4o3)cc12. The van der Waals surface area contributed by atoms with E-state index >= 15 is 0 Å². The van der Waals surface area contributed by atoms with Gasteiger partial charge in [0, 0.05) is 11.6 Å². The number of aromatic nitrogens is 2. The number of furan rings is 1. The van der Waals surface area contributed by atoms with E-state index in [0.717, 1.165) is 21.9 Å². The molecule has 0 aliphatic carbocycles. The van der Waals surface area contributed by atoms with E-state index < -0.39 is 6.04 Å². The maximum absolute atomic E-state index is 13.0. The van der Waals surface area contributed by atoms with Crippen LogP contribution in [0.25, 0.3) is 22.1 Å². The van der Waals surface area contributed by atoms with Crippen LogP contribution in [0.5, 0.6) is 0 Å². The number of amides is 1. The Morgan fingerprint density at radius 2 is 1.83 bits per heavy atom. The molecule has 5 rings (SSSR count). The van der Waals surface area contributed by atoms with E-state index in [9.17, 15) is 4.79 Å². The first-order valence-corrected chi connectivity index (χ1v) is 9.25. The molecule has 3 aromatic heterocycles. The van der Waals surface area contributed by atoms with Gasteiger partial charge in [0.1, 0.15) is 17.4 Å². The van der Waals surface area contributed by atoms with Crippen LogP contribution < -0.4 is 5.32 Å². The van der Waals surface area contributed by atoms with Gasteiger partial charge in [0.15, 0.2) is 0 Å². The zero-order valence-electron chi connectivity index (χ0n) is 15.6. The third-order valence-corrected chi connectivity index (χ3v) is 4.91. The number of nitrogens with zero attached hydrogens (tertiary/aromatic N) is 2. The molecule has 0 saturated carbocycles. The average Bonchev–Trinajstić information content (AvgIpc) is 3.35. The van der Waals surface area contributed by atoms with E-state index in [1.807, 2.05) is 67.6 Å². The van der Waals surface area contributed by atoms with E-state index in [4.69, 9.17) is 8.94 Å². The van der Waals surface area contributed by atoms with Crippen LogP contribution in [0.3, 0.4) is 0 Å². The maximum atomic E-state index is 13.0. The molecule has 0 radical (unpaired) electrons. The van der Waals surface area contributed by atoms with Gasteiger partial charge in [0.2, 0.25) is 0 Å². The molecule has 0 unspecified atom stereocenters. The summed E-state index contributed by atoms with van der Waals surface area (Å²) in [7, 11) is 0. The average molecular weight is 383 g/mol. The normalized spacial score (nSPS) is 12.3. The van der Waals surface area contributed by atoms with Crippen molar-refractivity contribution in [2.45, 2.75) is 13.0 Å². The van der Waals surface area contributed by atoms with Crippen molar-refractivity contribution in [2.24, 2.45) is 0 Å². The largest absolute Gasteiger partial charge is 0.459 e. The van der Waals surface area contributed by atoms with Gasteiger partial charge < -0.3 is 14.3 Å². The Morgan fingerprint density at radius 3 is 2.66 bits per heavy atom. The van der Waals surface area contributed by atoms with Gasteiger partial charge in [-0.2, -0.15) is 0 Å². The third-order valence-electron chi connectivity index (χ3n) is 4.91. The first-order chi connectivity index (χ1) is 14.2. The van der Waals surface area contributed by atoms with Gasteiger partial charge in [-0.1, -0.05) is 53.7 Å². The fraction of sp³-hybridized carbons (Fsp3) is 0.0870. The number of nitrogens with one attached hydrogen (secondary N) is 1. The molecule has 2 aromatic carbocycles. The van der Waals surface area contributed by atoms with Gasteiger partial charge in [0.05, 0.1) is 16.6 Å². The lowest BCUT2D eigenvalue weighted by Gasteiger charge is -2.17. The molecule has 0 aliphatic rings. The van der Waals surface area contributed by atoms with Crippen LogP contribution in [0.15, 0.2) is 81.9 Å². The molecule has 3 heterocycles. The predicted octanol–water partition coefficient (Wildman–Crippen LogP) is 4.80. The number of para-hydroxylation sites is 1. The number of fused-ring (bicyclic) bond motifs is 2. The Hall–Kier alpha value is -3.93. The number of pyridine rings is 1. The molecule has 0 bridgehead atoms. The summed E-state index contributed by atoms with van der Waals surface area (Å²) in [6.45, 7) is 1.82. The summed E-state index contributed by atoms with van der Waals surface area (Å²) in [5.41, 5.74) is 3.24. The lowest BCUT2D eigenvalue weighted by molar-refractivity contribution is 0.0939. The zero-order chi connectivity index (χ0) is 19.8. The van der Waals surface area contributed by atoms with Crippen molar-refractivity contribution >= 4 is 28.0 Å². The van der Waals surface area contributed by atoms with Crippen LogP contribution in [0.2, 0.25) is 0 Å². The van der Waals surface area contributed by atoms with Crippen molar-refractivity contribution in [1.29, 1.82) is 0 Å². The van der Waals surface area contributed by atoms with E-state index in [2.05, 4.69) is 15.5 Å². The maximum Gasteiger partial charge on any atom is 0.257 e. The Morgan fingerprint density at radius 1 is 1.03 bits per heavy atom. The van der Waals surface area contributed by atoms with Gasteiger partial charge in [-0.05, 0) is 30.7 Å². The van der Waals surface area contributed by atoms with E-state index in [-0.39, 0.29) is 5.91 Å². The summed E-state index contributed by atoms with van der Waals surface area (Å²) < 4.78 is 11.2. The number of benzene rings is 2. The summed E-state index contributed by atoms with van der Waals surface area (Å²) in [5.74, 6) is 0.412. The Labute approximate surface area is 166 Å². The standard InChI is InChI=1S/C23H17N3O3/c1-14-18-11-17(13-24-23(18)29-26-14)22(27)25-21(15-7-3-2-4-8-15)20-12-16-9-5-6-10-19(16)28-20/h2-13,21H,1H3,(H,25,27)/t21-/m1/s1. The summed E-state index contributed by atoms with van der Waals surface area (Å²) >= 11 is 0. The second kappa shape index (κ2) is 6.91. The minimum atomic E-state index is -0.435. The highest BCUT2D eigenvalue weighted by atomic mass is 16.5. The molecule has 1 amide bonds. The van der Waals surface area contributed by atoms with Gasteiger partial charge in [-0.15, -0.1) is 0 Å². The molecule has 5 aromatic rings. The Balaban J connectivity index is 1.53. The molecule has 6 nitrogen and oxygen atoms in total. The molecule has 0 spiro atoms. The molecule has 0 saturated heterocycles. The van der Waals surface area contributed by atoms with Gasteiger partial charge in [-0.3, -0.25) is 4.79 Å². The molecule has 142 valence electrons. The first kappa shape index (κ1) is 17.2. The molecule has 6 heteroatoms. The number of hydrogen-bond acceptors (Lipinski definition) is 5. The van der Waals surface area contributed by atoms with Gasteiger partial charge in [0.25, 0.3) is 11.6 Å². The summed E-state index contributed by atoms with van der Waals surface area (Å²) in [4.78, 5) is 17.2.